The lowest BCUT2D eigenvalue weighted by atomic mass is 9.29. The van der Waals surface area contributed by atoms with Crippen molar-refractivity contribution in [3.8, 4) is 0 Å². The van der Waals surface area contributed by atoms with Crippen LogP contribution in [0.15, 0.2) is 0 Å². The van der Waals surface area contributed by atoms with E-state index in [2.05, 4.69) is 13.8 Å². The van der Waals surface area contributed by atoms with Gasteiger partial charge in [0.25, 0.3) is 0 Å². The number of hydrogen-bond donors (Lipinski definition) is 1. The summed E-state index contributed by atoms with van der Waals surface area (Å²) < 4.78 is 0. The molecule has 0 saturated heterocycles. The second kappa shape index (κ2) is 2.35. The van der Waals surface area contributed by atoms with Crippen LogP contribution in [0.1, 0.15) is 52.4 Å². The van der Waals surface area contributed by atoms with Crippen molar-refractivity contribution in [3.05, 3.63) is 0 Å². The molecule has 8 bridgehead atoms. The van der Waals surface area contributed by atoms with Gasteiger partial charge >= 0.3 is 0 Å². The maximum Gasteiger partial charge on any atom is 0.0714 e. The third kappa shape index (κ3) is 0.895. The van der Waals surface area contributed by atoms with E-state index in [4.69, 9.17) is 0 Å². The summed E-state index contributed by atoms with van der Waals surface area (Å²) in [7, 11) is 0. The molecule has 0 radical (unpaired) electrons. The van der Waals surface area contributed by atoms with Gasteiger partial charge in [-0.3, -0.25) is 0 Å². The van der Waals surface area contributed by atoms with E-state index >= 15 is 0 Å². The maximum atomic E-state index is 11.3. The lowest BCUT2D eigenvalue weighted by molar-refractivity contribution is -0.321. The fraction of sp³-hybridized carbons (Fsp3) is 1.00. The molecule has 7 aliphatic rings. The summed E-state index contributed by atoms with van der Waals surface area (Å²) in [5.74, 6) is 4.12. The molecule has 7 fully saturated rings. The van der Waals surface area contributed by atoms with Crippen LogP contribution in [0.4, 0.5) is 0 Å². The van der Waals surface area contributed by atoms with E-state index in [-0.39, 0.29) is 5.60 Å². The third-order valence-corrected chi connectivity index (χ3v) is 7.74. The van der Waals surface area contributed by atoms with Crippen LogP contribution in [0.5, 0.6) is 0 Å². The molecule has 17 heavy (non-hydrogen) atoms. The highest BCUT2D eigenvalue weighted by Gasteiger charge is 2.73. The molecule has 0 spiro atoms. The quantitative estimate of drug-likeness (QED) is 0.680. The molecule has 1 N–H and O–H groups in total. The van der Waals surface area contributed by atoms with Crippen LogP contribution in [0.2, 0.25) is 0 Å². The van der Waals surface area contributed by atoms with Crippen molar-refractivity contribution in [2.24, 2.45) is 40.4 Å². The summed E-state index contributed by atoms with van der Waals surface area (Å²) in [6.45, 7) is 4.97. The Morgan fingerprint density at radius 2 is 1.29 bits per heavy atom. The predicted molar refractivity (Wildman–Crippen MR) is 66.3 cm³/mol. The Morgan fingerprint density at radius 1 is 0.765 bits per heavy atom. The summed E-state index contributed by atoms with van der Waals surface area (Å²) in [5, 5.41) is 11.3. The van der Waals surface area contributed by atoms with Gasteiger partial charge in [-0.15, -0.1) is 0 Å². The van der Waals surface area contributed by atoms with Crippen molar-refractivity contribution in [2.45, 2.75) is 58.0 Å². The first-order valence-electron chi connectivity index (χ1n) is 7.65. The van der Waals surface area contributed by atoms with Gasteiger partial charge in [-0.05, 0) is 78.9 Å². The Balaban J connectivity index is 1.72. The highest BCUT2D eigenvalue weighted by molar-refractivity contribution is 5.23. The van der Waals surface area contributed by atoms with Gasteiger partial charge < -0.3 is 5.11 Å². The molecule has 1 nitrogen and oxygen atoms in total. The molecule has 4 atom stereocenters. The highest BCUT2D eigenvalue weighted by Crippen LogP contribution is 2.77. The van der Waals surface area contributed by atoms with E-state index in [9.17, 15) is 5.11 Å². The molecule has 7 saturated carbocycles. The Labute approximate surface area is 104 Å². The molecule has 0 aromatic heterocycles. The van der Waals surface area contributed by atoms with Gasteiger partial charge in [-0.25, -0.2) is 0 Å². The molecule has 7 aliphatic carbocycles. The SMILES string of the molecule is CC12CC3C4CC5(C)CC3C(C1)C(O)(C5)C4C2. The molecule has 0 heterocycles. The Morgan fingerprint density at radius 3 is 1.88 bits per heavy atom. The first-order chi connectivity index (χ1) is 7.93. The topological polar surface area (TPSA) is 20.2 Å². The minimum Gasteiger partial charge on any atom is -0.389 e. The standard InChI is InChI=1S/C16H24O/c1-14-3-9-10-4-15(2)5-11(9)13(7-14)16(17,8-15)12(10)6-14/h9-13,17H,3-8H2,1-2H3. The zero-order valence-electron chi connectivity index (χ0n) is 11.1. The highest BCUT2D eigenvalue weighted by atomic mass is 16.3. The van der Waals surface area contributed by atoms with E-state index in [1.54, 1.807) is 0 Å². The van der Waals surface area contributed by atoms with Crippen LogP contribution in [-0.2, 0) is 0 Å². The van der Waals surface area contributed by atoms with Gasteiger partial charge in [0, 0.05) is 0 Å². The molecule has 0 amide bonds. The number of hydrogen-bond acceptors (Lipinski definition) is 1. The predicted octanol–water partition coefficient (Wildman–Crippen LogP) is 3.22. The number of aliphatic hydroxyl groups is 1. The van der Waals surface area contributed by atoms with Crippen molar-refractivity contribution in [3.63, 3.8) is 0 Å². The van der Waals surface area contributed by atoms with Crippen molar-refractivity contribution in [1.29, 1.82) is 0 Å². The van der Waals surface area contributed by atoms with Crippen molar-refractivity contribution < 1.29 is 5.11 Å². The molecular formula is C16H24O. The minimum absolute atomic E-state index is 0.239. The van der Waals surface area contributed by atoms with Crippen LogP contribution in [-0.4, -0.2) is 10.7 Å². The van der Waals surface area contributed by atoms with E-state index < -0.39 is 0 Å². The molecule has 0 aromatic carbocycles. The first kappa shape index (κ1) is 9.83. The first-order valence-corrected chi connectivity index (χ1v) is 7.65. The average molecular weight is 232 g/mol. The lowest BCUT2D eigenvalue weighted by Gasteiger charge is -2.77. The zero-order chi connectivity index (χ0) is 11.6. The average Bonchev–Trinajstić information content (AvgIpc) is 2.23. The lowest BCUT2D eigenvalue weighted by Crippen LogP contribution is -2.74. The van der Waals surface area contributed by atoms with Gasteiger partial charge in [-0.1, -0.05) is 13.8 Å². The Hall–Kier alpha value is -0.0400. The molecule has 4 unspecified atom stereocenters. The maximum absolute atomic E-state index is 11.3. The van der Waals surface area contributed by atoms with Crippen molar-refractivity contribution >= 4 is 0 Å². The van der Waals surface area contributed by atoms with E-state index in [1.165, 1.54) is 32.1 Å². The molecule has 1 heteroatoms. The summed E-state index contributed by atoms with van der Waals surface area (Å²) in [6, 6.07) is 0. The smallest absolute Gasteiger partial charge is 0.0714 e. The van der Waals surface area contributed by atoms with Gasteiger partial charge in [0.1, 0.15) is 0 Å². The van der Waals surface area contributed by atoms with Gasteiger partial charge in [0.2, 0.25) is 0 Å². The fourth-order valence-electron chi connectivity index (χ4n) is 7.67. The molecule has 7 rings (SSSR count). The second-order valence-corrected chi connectivity index (χ2v) is 9.01. The van der Waals surface area contributed by atoms with Gasteiger partial charge in [-0.2, -0.15) is 0 Å². The van der Waals surface area contributed by atoms with Crippen molar-refractivity contribution in [2.75, 3.05) is 0 Å². The summed E-state index contributed by atoms with van der Waals surface area (Å²) >= 11 is 0. The van der Waals surface area contributed by atoms with Crippen LogP contribution in [0.3, 0.4) is 0 Å². The normalized spacial score (nSPS) is 74.6. The third-order valence-electron chi connectivity index (χ3n) is 7.74. The van der Waals surface area contributed by atoms with Crippen LogP contribution < -0.4 is 0 Å². The fourth-order valence-corrected chi connectivity index (χ4v) is 7.67. The van der Waals surface area contributed by atoms with Gasteiger partial charge in [0.05, 0.1) is 5.60 Å². The Bertz CT molecular complexity index is 388. The monoisotopic (exact) mass is 232 g/mol. The molecular weight excluding hydrogens is 208 g/mol. The molecule has 0 aromatic rings. The van der Waals surface area contributed by atoms with Crippen LogP contribution in [0, 0.1) is 40.4 Å². The van der Waals surface area contributed by atoms with E-state index in [0.717, 1.165) is 24.2 Å². The minimum atomic E-state index is -0.239. The van der Waals surface area contributed by atoms with E-state index in [1.807, 2.05) is 0 Å². The largest absolute Gasteiger partial charge is 0.389 e. The molecule has 0 aliphatic heterocycles. The summed E-state index contributed by atoms with van der Waals surface area (Å²) in [5.41, 5.74) is 0.861. The summed E-state index contributed by atoms with van der Waals surface area (Å²) in [4.78, 5) is 0. The van der Waals surface area contributed by atoms with Crippen molar-refractivity contribution in [1.82, 2.24) is 0 Å². The van der Waals surface area contributed by atoms with Crippen LogP contribution in [0.25, 0.3) is 0 Å². The second-order valence-electron chi connectivity index (χ2n) is 9.01. The van der Waals surface area contributed by atoms with Crippen LogP contribution >= 0.6 is 0 Å². The molecule has 94 valence electrons. The summed E-state index contributed by atoms with van der Waals surface area (Å²) in [6.07, 6.45) is 8.16. The Kier molecular flexibility index (Phi) is 1.36. The van der Waals surface area contributed by atoms with Gasteiger partial charge in [0.15, 0.2) is 0 Å². The number of rotatable bonds is 0. The van der Waals surface area contributed by atoms with E-state index in [0.29, 0.717) is 22.7 Å². The zero-order valence-corrected chi connectivity index (χ0v) is 11.1.